The Morgan fingerprint density at radius 1 is 0.511 bits per heavy atom. The van der Waals surface area contributed by atoms with Crippen LogP contribution in [0.3, 0.4) is 0 Å². The maximum absolute atomic E-state index is 11.5. The SMILES string of the molecule is CCCCCCc1ccc(Oc2ccccc2)c(S(=O)(=O)[O-])c1.CCCCCCc1ccc(Oc2ccccc2)c(S(=O)(=O)[O-])c1.[Ca+2]. The Hall–Kier alpha value is -2.44. The summed E-state index contributed by atoms with van der Waals surface area (Å²) in [5.74, 6) is 1.13. The molecule has 0 saturated carbocycles. The number of rotatable bonds is 16. The van der Waals surface area contributed by atoms with E-state index in [2.05, 4.69) is 13.8 Å². The Kier molecular flexibility index (Phi) is 18.0. The Morgan fingerprint density at radius 3 is 1.19 bits per heavy atom. The normalized spacial score (nSPS) is 11.1. The first-order chi connectivity index (χ1) is 22.0. The molecule has 0 amide bonds. The number of aryl methyl sites for hydroxylation is 2. The molecule has 0 unspecified atom stereocenters. The van der Waals surface area contributed by atoms with Gasteiger partial charge in [0.15, 0.2) is 0 Å². The number of ether oxygens (including phenoxy) is 2. The molecular formula is C36H42CaO8S2. The first-order valence-electron chi connectivity index (χ1n) is 15.6. The van der Waals surface area contributed by atoms with Gasteiger partial charge in [0.1, 0.15) is 43.2 Å². The van der Waals surface area contributed by atoms with Crippen molar-refractivity contribution in [2.75, 3.05) is 0 Å². The predicted octanol–water partition coefficient (Wildman–Crippen LogP) is 8.63. The summed E-state index contributed by atoms with van der Waals surface area (Å²) < 4.78 is 80.3. The second-order valence-electron chi connectivity index (χ2n) is 10.9. The molecule has 4 aromatic rings. The fraction of sp³-hybridized carbons (Fsp3) is 0.333. The van der Waals surface area contributed by atoms with E-state index in [1.807, 2.05) is 24.3 Å². The standard InChI is InChI=1S/2C18H22O4S.Ca/c2*1-2-3-4-6-9-15-12-13-17(18(14-15)23(19,20)21)22-16-10-7-5-8-11-16;/h2*5,7-8,10-14H,2-4,6,9H2,1H3,(H,19,20,21);/q;;+2/p-2. The quantitative estimate of drug-likeness (QED) is 0.0643. The van der Waals surface area contributed by atoms with Crippen LogP contribution in [0.25, 0.3) is 0 Å². The van der Waals surface area contributed by atoms with Gasteiger partial charge in [-0.3, -0.25) is 0 Å². The fourth-order valence-electron chi connectivity index (χ4n) is 4.72. The van der Waals surface area contributed by atoms with E-state index >= 15 is 0 Å². The van der Waals surface area contributed by atoms with Gasteiger partial charge in [0.2, 0.25) is 0 Å². The molecule has 0 aliphatic carbocycles. The molecule has 0 aliphatic heterocycles. The van der Waals surface area contributed by atoms with E-state index in [9.17, 15) is 25.9 Å². The zero-order valence-corrected chi connectivity index (χ0v) is 30.9. The molecule has 8 nitrogen and oxygen atoms in total. The van der Waals surface area contributed by atoms with Gasteiger partial charge >= 0.3 is 37.7 Å². The third kappa shape index (κ3) is 14.7. The topological polar surface area (TPSA) is 133 Å². The molecule has 0 fully saturated rings. The first kappa shape index (κ1) is 40.7. The third-order valence-corrected chi connectivity index (χ3v) is 8.85. The molecule has 0 aliphatic rings. The summed E-state index contributed by atoms with van der Waals surface area (Å²) in [5.41, 5.74) is 1.69. The largest absolute Gasteiger partial charge is 2.00 e. The van der Waals surface area contributed by atoms with Gasteiger partial charge in [0, 0.05) is 0 Å². The van der Waals surface area contributed by atoms with E-state index in [-0.39, 0.29) is 59.0 Å². The molecule has 0 atom stereocenters. The van der Waals surface area contributed by atoms with Crippen molar-refractivity contribution in [1.29, 1.82) is 0 Å². The molecule has 4 aromatic carbocycles. The molecule has 0 saturated heterocycles. The van der Waals surface area contributed by atoms with Crippen molar-refractivity contribution >= 4 is 58.0 Å². The van der Waals surface area contributed by atoms with Gasteiger partial charge in [-0.15, -0.1) is 0 Å². The van der Waals surface area contributed by atoms with E-state index in [4.69, 9.17) is 9.47 Å². The molecule has 4 rings (SSSR count). The van der Waals surface area contributed by atoms with E-state index in [1.54, 1.807) is 60.7 Å². The molecule has 0 aromatic heterocycles. The van der Waals surface area contributed by atoms with Crippen molar-refractivity contribution in [1.82, 2.24) is 0 Å². The number of hydrogen-bond acceptors (Lipinski definition) is 8. The van der Waals surface area contributed by atoms with Gasteiger partial charge < -0.3 is 18.6 Å². The van der Waals surface area contributed by atoms with E-state index in [1.165, 1.54) is 12.1 Å². The number of para-hydroxylation sites is 2. The minimum atomic E-state index is -4.59. The van der Waals surface area contributed by atoms with Crippen LogP contribution in [0, 0.1) is 0 Å². The smallest absolute Gasteiger partial charge is 0.744 e. The summed E-state index contributed by atoms with van der Waals surface area (Å²) in [6, 6.07) is 27.3. The van der Waals surface area contributed by atoms with Crippen LogP contribution >= 0.6 is 0 Å². The molecule has 248 valence electrons. The average molecular weight is 707 g/mol. The van der Waals surface area contributed by atoms with Gasteiger partial charge in [0.05, 0.1) is 9.79 Å². The number of hydrogen-bond donors (Lipinski definition) is 0. The third-order valence-electron chi connectivity index (χ3n) is 7.13. The zero-order valence-electron chi connectivity index (χ0n) is 27.1. The van der Waals surface area contributed by atoms with Crippen LogP contribution in [0.15, 0.2) is 107 Å². The molecular weight excluding hydrogens is 665 g/mol. The van der Waals surface area contributed by atoms with E-state index in [0.29, 0.717) is 11.5 Å². The molecule has 0 radical (unpaired) electrons. The van der Waals surface area contributed by atoms with Crippen LogP contribution in [0.4, 0.5) is 0 Å². The van der Waals surface area contributed by atoms with Crippen molar-refractivity contribution < 1.29 is 35.4 Å². The molecule has 11 heteroatoms. The number of unbranched alkanes of at least 4 members (excludes halogenated alkanes) is 6. The van der Waals surface area contributed by atoms with Crippen molar-refractivity contribution in [3.05, 3.63) is 108 Å². The van der Waals surface area contributed by atoms with Crippen LogP contribution in [0.1, 0.15) is 76.3 Å². The summed E-state index contributed by atoms with van der Waals surface area (Å²) >= 11 is 0. The molecule has 0 spiro atoms. The maximum Gasteiger partial charge on any atom is 2.00 e. The van der Waals surface area contributed by atoms with Crippen molar-refractivity contribution in [3.8, 4) is 23.0 Å². The second-order valence-corrected chi connectivity index (χ2v) is 13.6. The summed E-state index contributed by atoms with van der Waals surface area (Å²) in [5, 5.41) is 0. The van der Waals surface area contributed by atoms with Gasteiger partial charge in [0.25, 0.3) is 0 Å². The summed E-state index contributed by atoms with van der Waals surface area (Å²) in [6.45, 7) is 4.27. The molecule has 0 heterocycles. The summed E-state index contributed by atoms with van der Waals surface area (Å²) in [7, 11) is -9.17. The average Bonchev–Trinajstić information content (AvgIpc) is 3.03. The van der Waals surface area contributed by atoms with Crippen LogP contribution in [0.5, 0.6) is 23.0 Å². The van der Waals surface area contributed by atoms with Crippen molar-refractivity contribution in [2.24, 2.45) is 0 Å². The second kappa shape index (κ2) is 20.8. The fourth-order valence-corrected chi connectivity index (χ4v) is 6.02. The van der Waals surface area contributed by atoms with Gasteiger partial charge in [-0.2, -0.15) is 0 Å². The van der Waals surface area contributed by atoms with Crippen molar-refractivity contribution in [2.45, 2.75) is 87.8 Å². The Bertz CT molecular complexity index is 1580. The van der Waals surface area contributed by atoms with E-state index in [0.717, 1.165) is 75.3 Å². The minimum Gasteiger partial charge on any atom is -0.744 e. The van der Waals surface area contributed by atoms with Gasteiger partial charge in [-0.1, -0.05) is 101 Å². The van der Waals surface area contributed by atoms with Crippen LogP contribution < -0.4 is 9.47 Å². The molecule has 47 heavy (non-hydrogen) atoms. The molecule has 0 N–H and O–H groups in total. The van der Waals surface area contributed by atoms with Gasteiger partial charge in [-0.05, 0) is 85.3 Å². The minimum absolute atomic E-state index is 0. The number of benzene rings is 4. The van der Waals surface area contributed by atoms with Crippen LogP contribution in [0.2, 0.25) is 0 Å². The Labute approximate surface area is 310 Å². The van der Waals surface area contributed by atoms with Crippen LogP contribution in [-0.2, 0) is 33.1 Å². The summed E-state index contributed by atoms with van der Waals surface area (Å²) in [6.07, 6.45) is 10.3. The van der Waals surface area contributed by atoms with Crippen molar-refractivity contribution in [3.63, 3.8) is 0 Å². The Morgan fingerprint density at radius 2 is 0.872 bits per heavy atom. The maximum atomic E-state index is 11.5. The Balaban J connectivity index is 0.000000320. The zero-order chi connectivity index (χ0) is 33.4. The monoisotopic (exact) mass is 706 g/mol. The first-order valence-corrected chi connectivity index (χ1v) is 18.5. The summed E-state index contributed by atoms with van der Waals surface area (Å²) in [4.78, 5) is -0.594. The van der Waals surface area contributed by atoms with Crippen LogP contribution in [-0.4, -0.2) is 63.7 Å². The van der Waals surface area contributed by atoms with E-state index < -0.39 is 20.2 Å². The predicted molar refractivity (Wildman–Crippen MR) is 183 cm³/mol. The molecule has 0 bridgehead atoms. The van der Waals surface area contributed by atoms with Gasteiger partial charge in [-0.25, -0.2) is 16.8 Å².